The average Bonchev–Trinajstić information content (AvgIpc) is 2.62. The Morgan fingerprint density at radius 2 is 2.00 bits per heavy atom. The lowest BCUT2D eigenvalue weighted by Gasteiger charge is -2.32. The zero-order chi connectivity index (χ0) is 17.8. The van der Waals surface area contributed by atoms with Crippen molar-refractivity contribution in [2.24, 2.45) is 5.92 Å². The second kappa shape index (κ2) is 7.42. The first-order valence-electron chi connectivity index (χ1n) is 8.31. The number of aromatic nitrogens is 1. The summed E-state index contributed by atoms with van der Waals surface area (Å²) in [6.45, 7) is 2.89. The summed E-state index contributed by atoms with van der Waals surface area (Å²) < 4.78 is 13.0. The fourth-order valence-electron chi connectivity index (χ4n) is 2.98. The number of carbonyl (C=O) groups is 2. The molecule has 25 heavy (non-hydrogen) atoms. The molecular weight excluding hydrogens is 321 g/mol. The second-order valence-corrected chi connectivity index (χ2v) is 6.30. The van der Waals surface area contributed by atoms with Crippen molar-refractivity contribution in [3.05, 3.63) is 59.5 Å². The van der Waals surface area contributed by atoms with Crippen molar-refractivity contribution >= 4 is 17.6 Å². The minimum absolute atomic E-state index is 0.130. The van der Waals surface area contributed by atoms with Crippen molar-refractivity contribution in [2.45, 2.75) is 19.8 Å². The summed E-state index contributed by atoms with van der Waals surface area (Å²) in [7, 11) is 0. The summed E-state index contributed by atoms with van der Waals surface area (Å²) in [5.41, 5.74) is 1.45. The third kappa shape index (κ3) is 4.21. The van der Waals surface area contributed by atoms with E-state index in [-0.39, 0.29) is 23.5 Å². The van der Waals surface area contributed by atoms with Crippen LogP contribution in [0.3, 0.4) is 0 Å². The minimum atomic E-state index is -0.377. The van der Waals surface area contributed by atoms with E-state index in [9.17, 15) is 14.0 Å². The van der Waals surface area contributed by atoms with Crippen molar-refractivity contribution in [1.82, 2.24) is 9.88 Å². The number of halogens is 1. The fourth-order valence-corrected chi connectivity index (χ4v) is 2.98. The van der Waals surface area contributed by atoms with Gasteiger partial charge in [-0.2, -0.15) is 0 Å². The lowest BCUT2D eigenvalue weighted by Crippen LogP contribution is -2.43. The van der Waals surface area contributed by atoms with Crippen LogP contribution in [-0.2, 0) is 4.79 Å². The van der Waals surface area contributed by atoms with E-state index < -0.39 is 0 Å². The maximum absolute atomic E-state index is 13.0. The number of hydrogen-bond acceptors (Lipinski definition) is 3. The zero-order valence-corrected chi connectivity index (χ0v) is 14.0. The van der Waals surface area contributed by atoms with Gasteiger partial charge in [-0.3, -0.25) is 9.59 Å². The number of nitrogens with zero attached hydrogens (tertiary/aromatic N) is 2. The van der Waals surface area contributed by atoms with E-state index >= 15 is 0 Å². The number of likely N-dealkylation sites (tertiary alicyclic amines) is 1. The van der Waals surface area contributed by atoms with Crippen LogP contribution in [0, 0.1) is 18.7 Å². The van der Waals surface area contributed by atoms with E-state index in [4.69, 9.17) is 0 Å². The molecule has 0 aliphatic carbocycles. The maximum Gasteiger partial charge on any atom is 0.253 e. The molecule has 3 rings (SSSR count). The average molecular weight is 341 g/mol. The molecule has 2 amide bonds. The number of carbonyl (C=O) groups excluding carboxylic acids is 2. The molecule has 1 aromatic carbocycles. The molecule has 6 heteroatoms. The Hall–Kier alpha value is -2.76. The molecule has 1 unspecified atom stereocenters. The van der Waals surface area contributed by atoms with Crippen LogP contribution in [0.15, 0.2) is 42.6 Å². The van der Waals surface area contributed by atoms with Crippen LogP contribution >= 0.6 is 0 Å². The minimum Gasteiger partial charge on any atom is -0.338 e. The van der Waals surface area contributed by atoms with Gasteiger partial charge in [-0.1, -0.05) is 0 Å². The molecule has 1 aliphatic heterocycles. The van der Waals surface area contributed by atoms with Crippen molar-refractivity contribution < 1.29 is 14.0 Å². The van der Waals surface area contributed by atoms with Gasteiger partial charge in [-0.25, -0.2) is 9.37 Å². The Balaban J connectivity index is 1.65. The highest BCUT2D eigenvalue weighted by molar-refractivity contribution is 5.96. The van der Waals surface area contributed by atoms with Crippen LogP contribution in [0.25, 0.3) is 0 Å². The Bertz CT molecular complexity index is 776. The van der Waals surface area contributed by atoms with Gasteiger partial charge >= 0.3 is 0 Å². The lowest BCUT2D eigenvalue weighted by atomic mass is 9.96. The molecule has 1 saturated heterocycles. The third-order valence-electron chi connectivity index (χ3n) is 4.34. The third-order valence-corrected chi connectivity index (χ3v) is 4.34. The summed E-state index contributed by atoms with van der Waals surface area (Å²) in [5, 5.41) is 2.82. The van der Waals surface area contributed by atoms with E-state index in [1.807, 2.05) is 19.1 Å². The molecule has 1 aromatic heterocycles. The van der Waals surface area contributed by atoms with Gasteiger partial charge in [-0.05, 0) is 61.7 Å². The van der Waals surface area contributed by atoms with Crippen molar-refractivity contribution in [1.29, 1.82) is 0 Å². The van der Waals surface area contributed by atoms with Crippen molar-refractivity contribution in [3.63, 3.8) is 0 Å². The van der Waals surface area contributed by atoms with Gasteiger partial charge in [0.05, 0.1) is 5.92 Å². The Morgan fingerprint density at radius 1 is 1.24 bits per heavy atom. The van der Waals surface area contributed by atoms with Gasteiger partial charge in [0.25, 0.3) is 5.91 Å². The van der Waals surface area contributed by atoms with E-state index in [1.54, 1.807) is 11.1 Å². The highest BCUT2D eigenvalue weighted by Gasteiger charge is 2.29. The molecule has 2 heterocycles. The highest BCUT2D eigenvalue weighted by Crippen LogP contribution is 2.20. The van der Waals surface area contributed by atoms with E-state index in [0.29, 0.717) is 24.5 Å². The van der Waals surface area contributed by atoms with E-state index in [2.05, 4.69) is 10.3 Å². The summed E-state index contributed by atoms with van der Waals surface area (Å²) in [6, 6.07) is 9.15. The maximum atomic E-state index is 13.0. The molecular formula is C19H20FN3O2. The number of anilines is 1. The first-order valence-corrected chi connectivity index (χ1v) is 8.31. The van der Waals surface area contributed by atoms with Gasteiger partial charge in [0.2, 0.25) is 5.91 Å². The summed E-state index contributed by atoms with van der Waals surface area (Å²) in [4.78, 5) is 30.8. The first kappa shape index (κ1) is 17.1. The van der Waals surface area contributed by atoms with Gasteiger partial charge in [-0.15, -0.1) is 0 Å². The molecule has 130 valence electrons. The highest BCUT2D eigenvalue weighted by atomic mass is 19.1. The molecule has 1 atom stereocenters. The number of amides is 2. The Labute approximate surface area is 145 Å². The zero-order valence-electron chi connectivity index (χ0n) is 14.0. The standard InChI is InChI=1S/C19H20FN3O2/c1-13-8-9-21-17(11-13)22-18(24)15-3-2-10-23(12-15)19(25)14-4-6-16(20)7-5-14/h4-9,11,15H,2-3,10,12H2,1H3,(H,21,22,24). The molecule has 0 spiro atoms. The summed E-state index contributed by atoms with van der Waals surface area (Å²) in [6.07, 6.45) is 3.13. The molecule has 1 fully saturated rings. The van der Waals surface area contributed by atoms with Crippen LogP contribution in [0.5, 0.6) is 0 Å². The van der Waals surface area contributed by atoms with Gasteiger partial charge in [0, 0.05) is 24.8 Å². The number of nitrogens with one attached hydrogen (secondary N) is 1. The number of piperidine rings is 1. The number of pyridine rings is 1. The Morgan fingerprint density at radius 3 is 2.72 bits per heavy atom. The predicted octanol–water partition coefficient (Wildman–Crippen LogP) is 3.02. The molecule has 0 radical (unpaired) electrons. The molecule has 0 saturated carbocycles. The van der Waals surface area contributed by atoms with Crippen LogP contribution in [0.4, 0.5) is 10.2 Å². The number of benzene rings is 1. The summed E-state index contributed by atoms with van der Waals surface area (Å²) in [5.74, 6) is -0.438. The molecule has 0 bridgehead atoms. The fraction of sp³-hybridized carbons (Fsp3) is 0.316. The van der Waals surface area contributed by atoms with Crippen LogP contribution in [0.2, 0.25) is 0 Å². The lowest BCUT2D eigenvalue weighted by molar-refractivity contribution is -0.121. The smallest absolute Gasteiger partial charge is 0.253 e. The van der Waals surface area contributed by atoms with E-state index in [0.717, 1.165) is 18.4 Å². The quantitative estimate of drug-likeness (QED) is 0.933. The number of rotatable bonds is 3. The van der Waals surface area contributed by atoms with Crippen molar-refractivity contribution in [2.75, 3.05) is 18.4 Å². The van der Waals surface area contributed by atoms with Gasteiger partial charge in [0.15, 0.2) is 0 Å². The van der Waals surface area contributed by atoms with Crippen LogP contribution < -0.4 is 5.32 Å². The monoisotopic (exact) mass is 341 g/mol. The molecule has 1 aliphatic rings. The number of aryl methyl sites for hydroxylation is 1. The molecule has 1 N–H and O–H groups in total. The van der Waals surface area contributed by atoms with Crippen LogP contribution in [0.1, 0.15) is 28.8 Å². The SMILES string of the molecule is Cc1ccnc(NC(=O)C2CCCN(C(=O)c3ccc(F)cc3)C2)c1. The number of hydrogen-bond donors (Lipinski definition) is 1. The van der Waals surface area contributed by atoms with Crippen molar-refractivity contribution in [3.8, 4) is 0 Å². The van der Waals surface area contributed by atoms with E-state index in [1.165, 1.54) is 24.3 Å². The van der Waals surface area contributed by atoms with Gasteiger partial charge in [0.1, 0.15) is 11.6 Å². The van der Waals surface area contributed by atoms with Gasteiger partial charge < -0.3 is 10.2 Å². The second-order valence-electron chi connectivity index (χ2n) is 6.30. The topological polar surface area (TPSA) is 62.3 Å². The first-order chi connectivity index (χ1) is 12.0. The van der Waals surface area contributed by atoms with Crippen LogP contribution in [-0.4, -0.2) is 34.8 Å². The Kier molecular flexibility index (Phi) is 5.07. The largest absolute Gasteiger partial charge is 0.338 e. The molecule has 2 aromatic rings. The molecule has 5 nitrogen and oxygen atoms in total. The normalized spacial score (nSPS) is 17.2. The summed E-state index contributed by atoms with van der Waals surface area (Å²) >= 11 is 0. The predicted molar refractivity (Wildman–Crippen MR) is 92.6 cm³/mol.